The summed E-state index contributed by atoms with van der Waals surface area (Å²) in [7, 11) is 0. The van der Waals surface area contributed by atoms with E-state index < -0.39 is 0 Å². The quantitative estimate of drug-likeness (QED) is 0.161. The third-order valence-electron chi connectivity index (χ3n) is 12.5. The first-order chi connectivity index (χ1) is 29.2. The topological polar surface area (TPSA) is 48.1 Å². The Morgan fingerprint density at radius 2 is 1.36 bits per heavy atom. The van der Waals surface area contributed by atoms with Gasteiger partial charge in [0.25, 0.3) is 0 Å². The molecule has 5 nitrogen and oxygen atoms in total. The third-order valence-corrected chi connectivity index (χ3v) is 12.5. The average Bonchev–Trinajstić information content (AvgIpc) is 3.82. The van der Waals surface area contributed by atoms with Gasteiger partial charge in [-0.05, 0) is 114 Å². The SMILES string of the molecule is Cc1cc(C)c(-c2ccnc(N3c4[c-]c(-c5cc(C)cc6c5nc(-c5cccc7c5[n-]c5ccccc57)n6-c5ccccc5)ccc4C(C)(C)c4ccccc43)c2)c(C)c1.[Pt+2]. The second kappa shape index (κ2) is 14.6. The van der Waals surface area contributed by atoms with Gasteiger partial charge < -0.3 is 9.88 Å². The Morgan fingerprint density at radius 3 is 2.18 bits per heavy atom. The number of hydrogen-bond acceptors (Lipinski definition) is 3. The summed E-state index contributed by atoms with van der Waals surface area (Å²) in [5, 5.41) is 2.28. The Kier molecular flexibility index (Phi) is 9.23. The summed E-state index contributed by atoms with van der Waals surface area (Å²) in [6.07, 6.45) is 1.95. The van der Waals surface area contributed by atoms with E-state index in [9.17, 15) is 0 Å². The van der Waals surface area contributed by atoms with E-state index in [0.717, 1.165) is 89.4 Å². The number of rotatable bonds is 5. The van der Waals surface area contributed by atoms with Crippen LogP contribution in [0.1, 0.15) is 47.2 Å². The van der Waals surface area contributed by atoms with Crippen molar-refractivity contribution in [2.24, 2.45) is 0 Å². The number of pyridine rings is 1. The van der Waals surface area contributed by atoms with Crippen LogP contribution in [-0.4, -0.2) is 14.5 Å². The fourth-order valence-electron chi connectivity index (χ4n) is 9.88. The minimum atomic E-state index is -0.280. The summed E-state index contributed by atoms with van der Waals surface area (Å²) in [5.74, 6) is 1.71. The Morgan fingerprint density at radius 1 is 0.639 bits per heavy atom. The Labute approximate surface area is 371 Å². The molecule has 0 spiro atoms. The van der Waals surface area contributed by atoms with Crippen LogP contribution in [0.4, 0.5) is 17.2 Å². The van der Waals surface area contributed by atoms with Crippen molar-refractivity contribution >= 4 is 50.0 Å². The molecule has 0 aliphatic carbocycles. The minimum Gasteiger partial charge on any atom is -0.656 e. The van der Waals surface area contributed by atoms with E-state index in [2.05, 4.69) is 203 Å². The summed E-state index contributed by atoms with van der Waals surface area (Å²) in [6.45, 7) is 13.4. The van der Waals surface area contributed by atoms with Crippen LogP contribution in [0, 0.1) is 33.8 Å². The van der Waals surface area contributed by atoms with E-state index in [1.165, 1.54) is 33.4 Å². The van der Waals surface area contributed by atoms with Gasteiger partial charge in [-0.2, -0.15) is 0 Å². The van der Waals surface area contributed by atoms with Crippen LogP contribution in [0.5, 0.6) is 0 Å². The molecule has 0 bridgehead atoms. The van der Waals surface area contributed by atoms with Gasteiger partial charge in [0.1, 0.15) is 11.6 Å². The summed E-state index contributed by atoms with van der Waals surface area (Å²) in [5.41, 5.74) is 19.5. The summed E-state index contributed by atoms with van der Waals surface area (Å²) >= 11 is 0. The molecule has 0 radical (unpaired) electrons. The normalized spacial score (nSPS) is 13.0. The molecule has 4 heterocycles. The van der Waals surface area contributed by atoms with E-state index >= 15 is 0 Å². The van der Waals surface area contributed by atoms with Crippen LogP contribution in [0.15, 0.2) is 152 Å². The Bertz CT molecular complexity index is 3330. The van der Waals surface area contributed by atoms with Crippen molar-refractivity contribution in [1.29, 1.82) is 0 Å². The summed E-state index contributed by atoms with van der Waals surface area (Å²) in [6, 6.07) is 56.1. The van der Waals surface area contributed by atoms with E-state index in [1.807, 2.05) is 6.20 Å². The number of imidazole rings is 1. The number of nitrogens with zero attached hydrogens (tertiary/aromatic N) is 5. The monoisotopic (exact) mass is 968 g/mol. The van der Waals surface area contributed by atoms with E-state index in [-0.39, 0.29) is 26.5 Å². The maximum absolute atomic E-state index is 5.60. The third kappa shape index (κ3) is 6.09. The van der Waals surface area contributed by atoms with Crippen molar-refractivity contribution in [2.45, 2.75) is 47.0 Å². The number of aryl methyl sites for hydroxylation is 4. The van der Waals surface area contributed by atoms with E-state index in [1.54, 1.807) is 0 Å². The van der Waals surface area contributed by atoms with Crippen LogP contribution in [0.2, 0.25) is 0 Å². The molecule has 3 aromatic heterocycles. The molecule has 61 heavy (non-hydrogen) atoms. The summed E-state index contributed by atoms with van der Waals surface area (Å²) in [4.78, 5) is 18.2. The predicted molar refractivity (Wildman–Crippen MR) is 248 cm³/mol. The second-order valence-electron chi connectivity index (χ2n) is 16.9. The Balaban J connectivity index is 0.00000445. The van der Waals surface area contributed by atoms with Gasteiger partial charge >= 0.3 is 21.1 Å². The molecule has 0 saturated heterocycles. The molecule has 0 N–H and O–H groups in total. The maximum atomic E-state index is 5.60. The first-order valence-corrected chi connectivity index (χ1v) is 20.7. The van der Waals surface area contributed by atoms with E-state index in [0.29, 0.717) is 0 Å². The van der Waals surface area contributed by atoms with Gasteiger partial charge in [0.15, 0.2) is 0 Å². The zero-order valence-corrected chi connectivity index (χ0v) is 37.3. The predicted octanol–water partition coefficient (Wildman–Crippen LogP) is 13.8. The van der Waals surface area contributed by atoms with Crippen LogP contribution in [-0.2, 0) is 26.5 Å². The smallest absolute Gasteiger partial charge is 0.656 e. The number of para-hydroxylation sites is 4. The van der Waals surface area contributed by atoms with Crippen molar-refractivity contribution in [3.63, 3.8) is 0 Å². The molecule has 1 aliphatic rings. The van der Waals surface area contributed by atoms with Gasteiger partial charge in [-0.1, -0.05) is 133 Å². The standard InChI is InChI=1S/C55H43N5.Pt/c1-33-27-35(3)51(36(4)28-33)38-25-26-56-50(32-38)60-47-22-13-11-20-44(47)55(5,6)45-24-23-37(31-48(45)60)43-29-34(2)30-49-53(43)58-54(59(49)39-15-8-7-9-16-39)42-19-14-18-41-40-17-10-12-21-46(40)57-52(41)42;/h7-30,32H,1-6H3;/q-2;+2. The molecule has 11 rings (SSSR count). The zero-order valence-electron chi connectivity index (χ0n) is 35.0. The number of benzene rings is 7. The van der Waals surface area contributed by atoms with Crippen molar-refractivity contribution in [3.8, 4) is 39.3 Å². The van der Waals surface area contributed by atoms with Gasteiger partial charge in [0, 0.05) is 23.1 Å². The Hall–Kier alpha value is -6.55. The molecule has 298 valence electrons. The van der Waals surface area contributed by atoms with Gasteiger partial charge in [-0.25, -0.2) is 9.97 Å². The summed E-state index contributed by atoms with van der Waals surface area (Å²) < 4.78 is 2.30. The van der Waals surface area contributed by atoms with Crippen molar-refractivity contribution in [2.75, 3.05) is 4.90 Å². The van der Waals surface area contributed by atoms with E-state index in [4.69, 9.17) is 15.0 Å². The van der Waals surface area contributed by atoms with Crippen LogP contribution in [0.25, 0.3) is 72.2 Å². The second-order valence-corrected chi connectivity index (χ2v) is 16.9. The van der Waals surface area contributed by atoms with Crippen molar-refractivity contribution < 1.29 is 21.1 Å². The van der Waals surface area contributed by atoms with Gasteiger partial charge in [0.2, 0.25) is 0 Å². The van der Waals surface area contributed by atoms with Crippen LogP contribution < -0.4 is 9.88 Å². The zero-order chi connectivity index (χ0) is 40.9. The number of aromatic nitrogens is 4. The molecule has 0 atom stereocenters. The molecule has 0 fully saturated rings. The first-order valence-electron chi connectivity index (χ1n) is 20.7. The number of hydrogen-bond donors (Lipinski definition) is 0. The van der Waals surface area contributed by atoms with Crippen LogP contribution in [0.3, 0.4) is 0 Å². The molecule has 10 aromatic rings. The van der Waals surface area contributed by atoms with Gasteiger partial charge in [-0.3, -0.25) is 4.57 Å². The molecule has 0 unspecified atom stereocenters. The fraction of sp³-hybridized carbons (Fsp3) is 0.127. The molecule has 6 heteroatoms. The van der Waals surface area contributed by atoms with Gasteiger partial charge in [0.05, 0.1) is 11.0 Å². The molecule has 0 amide bonds. The average molecular weight is 969 g/mol. The molecule has 0 saturated carbocycles. The number of anilines is 3. The van der Waals surface area contributed by atoms with Gasteiger partial charge in [-0.15, -0.1) is 34.8 Å². The van der Waals surface area contributed by atoms with Crippen molar-refractivity contribution in [1.82, 2.24) is 19.5 Å². The molecule has 7 aromatic carbocycles. The maximum Gasteiger partial charge on any atom is 2.00 e. The number of fused-ring (bicyclic) bond motifs is 6. The molecule has 1 aliphatic heterocycles. The van der Waals surface area contributed by atoms with Crippen LogP contribution >= 0.6 is 0 Å². The van der Waals surface area contributed by atoms with Crippen molar-refractivity contribution in [3.05, 3.63) is 191 Å². The molecular weight excluding hydrogens is 926 g/mol. The minimum absolute atomic E-state index is 0. The largest absolute Gasteiger partial charge is 2.00 e. The molecular formula is C55H43N5Pt. The first kappa shape index (κ1) is 38.6. The fourth-order valence-corrected chi connectivity index (χ4v) is 9.88.